The lowest BCUT2D eigenvalue weighted by atomic mass is 10.2. The molecule has 0 aromatic heterocycles. The summed E-state index contributed by atoms with van der Waals surface area (Å²) in [6.45, 7) is 5.70. The molecule has 4 rings (SSSR count). The van der Waals surface area contributed by atoms with Gasteiger partial charge in [-0.1, -0.05) is 18.2 Å². The first kappa shape index (κ1) is 19.0. The Bertz CT molecular complexity index is 897. The van der Waals surface area contributed by atoms with Crippen LogP contribution in [0.1, 0.15) is 0 Å². The Morgan fingerprint density at radius 2 is 1.61 bits per heavy atom. The van der Waals surface area contributed by atoms with Gasteiger partial charge < -0.3 is 14.4 Å². The molecule has 150 valence electrons. The molecule has 0 bridgehead atoms. The zero-order chi connectivity index (χ0) is 19.4. The third-order valence-corrected chi connectivity index (χ3v) is 6.50. The number of nitrogens with zero attached hydrogens (tertiary/aromatic N) is 2. The van der Waals surface area contributed by atoms with E-state index in [1.165, 1.54) is 11.8 Å². The van der Waals surface area contributed by atoms with Crippen molar-refractivity contribution in [2.24, 2.45) is 0 Å². The minimum absolute atomic E-state index is 0.200. The number of rotatable bonds is 6. The van der Waals surface area contributed by atoms with Gasteiger partial charge in [-0.15, -0.1) is 0 Å². The Hall–Kier alpha value is -2.29. The number of hydrogen-bond donors (Lipinski definition) is 1. The fraction of sp³-hybridized carbons (Fsp3) is 0.400. The van der Waals surface area contributed by atoms with Gasteiger partial charge in [0.2, 0.25) is 10.0 Å². The topological polar surface area (TPSA) is 71.1 Å². The Morgan fingerprint density at radius 1 is 0.893 bits per heavy atom. The lowest BCUT2D eigenvalue weighted by Crippen LogP contribution is -2.48. The number of piperazine rings is 1. The molecule has 28 heavy (non-hydrogen) atoms. The SMILES string of the molecule is O=S(=O)(NCCN1CCN(c2ccccc2)CC1)c1ccc2c(c1)OCCO2. The van der Waals surface area contributed by atoms with Crippen molar-refractivity contribution in [1.82, 2.24) is 9.62 Å². The Balaban J connectivity index is 1.27. The van der Waals surface area contributed by atoms with Crippen molar-refractivity contribution >= 4 is 15.7 Å². The van der Waals surface area contributed by atoms with Crippen molar-refractivity contribution < 1.29 is 17.9 Å². The number of fused-ring (bicyclic) bond motifs is 1. The van der Waals surface area contributed by atoms with Crippen molar-refractivity contribution in [2.45, 2.75) is 4.90 Å². The third kappa shape index (κ3) is 4.40. The maximum absolute atomic E-state index is 12.6. The highest BCUT2D eigenvalue weighted by molar-refractivity contribution is 7.89. The minimum Gasteiger partial charge on any atom is -0.486 e. The number of hydrogen-bond acceptors (Lipinski definition) is 6. The smallest absolute Gasteiger partial charge is 0.240 e. The van der Waals surface area contributed by atoms with E-state index in [9.17, 15) is 8.42 Å². The van der Waals surface area contributed by atoms with E-state index in [0.29, 0.717) is 37.8 Å². The molecule has 1 fully saturated rings. The van der Waals surface area contributed by atoms with Gasteiger partial charge in [-0.05, 0) is 24.3 Å². The second-order valence-corrected chi connectivity index (χ2v) is 8.63. The van der Waals surface area contributed by atoms with Crippen molar-refractivity contribution in [1.29, 1.82) is 0 Å². The van der Waals surface area contributed by atoms with Crippen molar-refractivity contribution in [2.75, 3.05) is 57.4 Å². The highest BCUT2D eigenvalue weighted by Gasteiger charge is 2.21. The minimum atomic E-state index is -3.57. The Morgan fingerprint density at radius 3 is 2.36 bits per heavy atom. The highest BCUT2D eigenvalue weighted by atomic mass is 32.2. The first-order valence-electron chi connectivity index (χ1n) is 9.53. The second kappa shape index (κ2) is 8.38. The van der Waals surface area contributed by atoms with E-state index in [0.717, 1.165) is 26.2 Å². The maximum atomic E-state index is 12.6. The molecular weight excluding hydrogens is 378 g/mol. The number of anilines is 1. The van der Waals surface area contributed by atoms with Gasteiger partial charge in [-0.3, -0.25) is 4.90 Å². The molecule has 0 radical (unpaired) electrons. The van der Waals surface area contributed by atoms with Gasteiger partial charge in [0.25, 0.3) is 0 Å². The molecule has 2 aromatic rings. The fourth-order valence-electron chi connectivity index (χ4n) is 3.48. The summed E-state index contributed by atoms with van der Waals surface area (Å²) < 4.78 is 38.7. The summed E-state index contributed by atoms with van der Waals surface area (Å²) >= 11 is 0. The standard InChI is InChI=1S/C20H25N3O4S/c24-28(25,18-6-7-19-20(16-18)27-15-14-26-19)21-8-9-22-10-12-23(13-11-22)17-4-2-1-3-5-17/h1-7,16,21H,8-15H2. The fourth-order valence-corrected chi connectivity index (χ4v) is 4.52. The van der Waals surface area contributed by atoms with Gasteiger partial charge in [0.15, 0.2) is 11.5 Å². The second-order valence-electron chi connectivity index (χ2n) is 6.87. The third-order valence-electron chi connectivity index (χ3n) is 5.04. The largest absolute Gasteiger partial charge is 0.486 e. The quantitative estimate of drug-likeness (QED) is 0.789. The molecule has 0 amide bonds. The summed E-state index contributed by atoms with van der Waals surface area (Å²) in [7, 11) is -3.57. The van der Waals surface area contributed by atoms with Crippen LogP contribution < -0.4 is 19.1 Å². The van der Waals surface area contributed by atoms with Crippen LogP contribution >= 0.6 is 0 Å². The lowest BCUT2D eigenvalue weighted by Gasteiger charge is -2.36. The summed E-state index contributed by atoms with van der Waals surface area (Å²) in [5.74, 6) is 1.06. The summed E-state index contributed by atoms with van der Waals surface area (Å²) in [4.78, 5) is 4.84. The number of benzene rings is 2. The Kier molecular flexibility index (Phi) is 5.70. The van der Waals surface area contributed by atoms with Gasteiger partial charge in [0.05, 0.1) is 4.90 Å². The number of sulfonamides is 1. The first-order valence-corrected chi connectivity index (χ1v) is 11.0. The predicted octanol–water partition coefficient (Wildman–Crippen LogP) is 1.56. The number of para-hydroxylation sites is 1. The van der Waals surface area contributed by atoms with Crippen molar-refractivity contribution in [3.8, 4) is 11.5 Å². The summed E-state index contributed by atoms with van der Waals surface area (Å²) in [6.07, 6.45) is 0. The molecule has 1 saturated heterocycles. The molecule has 1 N–H and O–H groups in total. The molecule has 2 aliphatic rings. The van der Waals surface area contributed by atoms with Gasteiger partial charge in [0.1, 0.15) is 13.2 Å². The van der Waals surface area contributed by atoms with E-state index in [1.807, 2.05) is 18.2 Å². The molecule has 0 atom stereocenters. The number of ether oxygens (including phenoxy) is 2. The van der Waals surface area contributed by atoms with Gasteiger partial charge in [0, 0.05) is 51.0 Å². The molecule has 7 nitrogen and oxygen atoms in total. The molecule has 2 aromatic carbocycles. The van der Waals surface area contributed by atoms with Crippen LogP contribution in [0.25, 0.3) is 0 Å². The first-order chi connectivity index (χ1) is 13.6. The van der Waals surface area contributed by atoms with E-state index in [-0.39, 0.29) is 4.90 Å². The van der Waals surface area contributed by atoms with Crippen LogP contribution in [-0.4, -0.2) is 65.8 Å². The van der Waals surface area contributed by atoms with E-state index >= 15 is 0 Å². The van der Waals surface area contributed by atoms with Crippen LogP contribution in [0.3, 0.4) is 0 Å². The van der Waals surface area contributed by atoms with Crippen LogP contribution in [0.15, 0.2) is 53.4 Å². The molecule has 8 heteroatoms. The monoisotopic (exact) mass is 403 g/mol. The van der Waals surface area contributed by atoms with Gasteiger partial charge >= 0.3 is 0 Å². The van der Waals surface area contributed by atoms with Gasteiger partial charge in [-0.25, -0.2) is 13.1 Å². The van der Waals surface area contributed by atoms with Crippen molar-refractivity contribution in [3.05, 3.63) is 48.5 Å². The maximum Gasteiger partial charge on any atom is 0.240 e. The van der Waals surface area contributed by atoms with Crippen molar-refractivity contribution in [3.63, 3.8) is 0 Å². The number of nitrogens with one attached hydrogen (secondary N) is 1. The average Bonchev–Trinajstić information content (AvgIpc) is 2.74. The molecule has 0 aliphatic carbocycles. The normalized spacial score (nSPS) is 17.5. The molecule has 0 unspecified atom stereocenters. The summed E-state index contributed by atoms with van der Waals surface area (Å²) in [5, 5.41) is 0. The van der Waals surface area contributed by atoms with E-state index in [4.69, 9.17) is 9.47 Å². The van der Waals surface area contributed by atoms with Gasteiger partial charge in [-0.2, -0.15) is 0 Å². The van der Waals surface area contributed by atoms with Crippen LogP contribution in [-0.2, 0) is 10.0 Å². The van der Waals surface area contributed by atoms with E-state index in [2.05, 4.69) is 26.7 Å². The predicted molar refractivity (Wildman–Crippen MR) is 108 cm³/mol. The highest BCUT2D eigenvalue weighted by Crippen LogP contribution is 2.32. The zero-order valence-electron chi connectivity index (χ0n) is 15.7. The average molecular weight is 404 g/mol. The summed E-state index contributed by atoms with van der Waals surface area (Å²) in [5.41, 5.74) is 1.24. The van der Waals surface area contributed by atoms with Crippen LogP contribution in [0.2, 0.25) is 0 Å². The molecule has 2 aliphatic heterocycles. The lowest BCUT2D eigenvalue weighted by molar-refractivity contribution is 0.171. The molecule has 2 heterocycles. The van der Waals surface area contributed by atoms with Crippen LogP contribution in [0, 0.1) is 0 Å². The Labute approximate surface area is 165 Å². The van der Waals surface area contributed by atoms with E-state index in [1.54, 1.807) is 12.1 Å². The zero-order valence-corrected chi connectivity index (χ0v) is 16.5. The summed E-state index contributed by atoms with van der Waals surface area (Å²) in [6, 6.07) is 15.1. The van der Waals surface area contributed by atoms with Crippen LogP contribution in [0.5, 0.6) is 11.5 Å². The molecule has 0 spiro atoms. The molecular formula is C20H25N3O4S. The van der Waals surface area contributed by atoms with Crippen LogP contribution in [0.4, 0.5) is 5.69 Å². The molecule has 0 saturated carbocycles. The van der Waals surface area contributed by atoms with E-state index < -0.39 is 10.0 Å².